The number of nitrogens with zero attached hydrogens (tertiary/aromatic N) is 3. The number of piperidine rings is 1. The molecule has 6 rings (SSSR count). The third kappa shape index (κ3) is 3.53. The first-order chi connectivity index (χ1) is 15.0. The molecule has 164 valence electrons. The number of hydrogen-bond acceptors (Lipinski definition) is 6. The van der Waals surface area contributed by atoms with Crippen LogP contribution in [-0.2, 0) is 13.1 Å². The van der Waals surface area contributed by atoms with Crippen molar-refractivity contribution in [3.8, 4) is 11.5 Å². The van der Waals surface area contributed by atoms with Crippen LogP contribution in [0.2, 0.25) is 0 Å². The lowest BCUT2D eigenvalue weighted by atomic mass is 9.85. The number of hydrogen-bond donors (Lipinski definition) is 1. The summed E-state index contributed by atoms with van der Waals surface area (Å²) in [5.74, 6) is 2.13. The maximum atomic E-state index is 12.4. The molecule has 7 heteroatoms. The zero-order valence-electron chi connectivity index (χ0n) is 17.9. The molecule has 31 heavy (non-hydrogen) atoms. The molecule has 0 radical (unpaired) electrons. The maximum Gasteiger partial charge on any atom is 0.266 e. The number of aromatic nitrogens is 2. The number of aryl methyl sites for hydroxylation is 1. The second-order valence-electron chi connectivity index (χ2n) is 9.85. The summed E-state index contributed by atoms with van der Waals surface area (Å²) >= 11 is 0. The smallest absolute Gasteiger partial charge is 0.266 e. The predicted octanol–water partition coefficient (Wildman–Crippen LogP) is 2.72. The van der Waals surface area contributed by atoms with Crippen molar-refractivity contribution in [3.05, 3.63) is 51.4 Å². The van der Waals surface area contributed by atoms with Crippen LogP contribution in [0.25, 0.3) is 0 Å². The van der Waals surface area contributed by atoms with Crippen molar-refractivity contribution < 1.29 is 14.6 Å². The van der Waals surface area contributed by atoms with Gasteiger partial charge in [0.05, 0.1) is 17.8 Å². The Morgan fingerprint density at radius 1 is 1.10 bits per heavy atom. The fraction of sp³-hybridized carbons (Fsp3) is 0.583. The van der Waals surface area contributed by atoms with E-state index < -0.39 is 5.60 Å². The van der Waals surface area contributed by atoms with Gasteiger partial charge in [-0.1, -0.05) is 0 Å². The zero-order chi connectivity index (χ0) is 21.2. The SMILES string of the molecule is Cc1cc2c(cc1CN1[C@H]3CC[C@H]1CC(O)(Cn1nc(C4CC4)ccc1=O)C3)OCO2. The van der Waals surface area contributed by atoms with Crippen LogP contribution in [0.15, 0.2) is 29.1 Å². The second-order valence-corrected chi connectivity index (χ2v) is 9.85. The molecular formula is C24H29N3O4. The number of rotatable bonds is 5. The van der Waals surface area contributed by atoms with Crippen LogP contribution in [0.4, 0.5) is 0 Å². The molecule has 7 nitrogen and oxygen atoms in total. The Morgan fingerprint density at radius 2 is 1.81 bits per heavy atom. The molecule has 3 fully saturated rings. The number of aliphatic hydroxyl groups is 1. The minimum Gasteiger partial charge on any atom is -0.454 e. The van der Waals surface area contributed by atoms with Crippen molar-refractivity contribution in [2.24, 2.45) is 0 Å². The third-order valence-corrected chi connectivity index (χ3v) is 7.51. The summed E-state index contributed by atoms with van der Waals surface area (Å²) in [6.45, 7) is 3.54. The topological polar surface area (TPSA) is 76.8 Å². The van der Waals surface area contributed by atoms with Gasteiger partial charge in [0.2, 0.25) is 6.79 Å². The standard InChI is InChI=1S/C24H29N3O4/c1-15-8-21-22(31-14-30-21)9-17(15)12-26-18-4-5-19(26)11-24(29,10-18)13-27-23(28)7-6-20(25-27)16-2-3-16/h6-9,16,18-19,29H,2-5,10-14H2,1H3/t18-,19-/m0/s1. The van der Waals surface area contributed by atoms with E-state index in [9.17, 15) is 9.90 Å². The normalized spacial score (nSPS) is 29.5. The molecule has 3 aliphatic heterocycles. The lowest BCUT2D eigenvalue weighted by Crippen LogP contribution is -2.53. The summed E-state index contributed by atoms with van der Waals surface area (Å²) in [4.78, 5) is 14.9. The maximum absolute atomic E-state index is 12.4. The van der Waals surface area contributed by atoms with E-state index in [4.69, 9.17) is 9.47 Å². The highest BCUT2D eigenvalue weighted by molar-refractivity contribution is 5.48. The molecule has 2 atom stereocenters. The summed E-state index contributed by atoms with van der Waals surface area (Å²) in [5, 5.41) is 16.1. The van der Waals surface area contributed by atoms with Crippen molar-refractivity contribution in [2.45, 2.75) is 82.1 Å². The van der Waals surface area contributed by atoms with Gasteiger partial charge in [-0.3, -0.25) is 9.69 Å². The van der Waals surface area contributed by atoms with Gasteiger partial charge < -0.3 is 14.6 Å². The first-order valence-electron chi connectivity index (χ1n) is 11.4. The van der Waals surface area contributed by atoms with Crippen LogP contribution in [0.3, 0.4) is 0 Å². The summed E-state index contributed by atoms with van der Waals surface area (Å²) in [7, 11) is 0. The Morgan fingerprint density at radius 3 is 2.52 bits per heavy atom. The molecule has 1 aromatic carbocycles. The fourth-order valence-electron chi connectivity index (χ4n) is 5.71. The monoisotopic (exact) mass is 423 g/mol. The molecule has 1 aliphatic carbocycles. The van der Waals surface area contributed by atoms with Gasteiger partial charge in [0.15, 0.2) is 11.5 Å². The van der Waals surface area contributed by atoms with E-state index in [1.165, 1.54) is 15.8 Å². The molecule has 0 spiro atoms. The highest BCUT2D eigenvalue weighted by Crippen LogP contribution is 2.44. The van der Waals surface area contributed by atoms with Crippen LogP contribution in [0.5, 0.6) is 11.5 Å². The molecule has 2 saturated heterocycles. The van der Waals surface area contributed by atoms with Gasteiger partial charge >= 0.3 is 0 Å². The molecule has 1 N–H and O–H groups in total. The Hall–Kier alpha value is -2.38. The van der Waals surface area contributed by atoms with Gasteiger partial charge in [-0.15, -0.1) is 0 Å². The summed E-state index contributed by atoms with van der Waals surface area (Å²) in [6, 6.07) is 8.25. The van der Waals surface area contributed by atoms with Crippen LogP contribution < -0.4 is 15.0 Å². The van der Waals surface area contributed by atoms with E-state index in [0.29, 0.717) is 30.8 Å². The van der Waals surface area contributed by atoms with E-state index in [1.54, 1.807) is 6.07 Å². The molecular weight excluding hydrogens is 394 g/mol. The van der Waals surface area contributed by atoms with Crippen LogP contribution in [0, 0.1) is 6.92 Å². The van der Waals surface area contributed by atoms with Gasteiger partial charge in [-0.25, -0.2) is 4.68 Å². The summed E-state index contributed by atoms with van der Waals surface area (Å²) < 4.78 is 12.6. The first kappa shape index (κ1) is 19.3. The van der Waals surface area contributed by atoms with Gasteiger partial charge in [0.25, 0.3) is 5.56 Å². The highest BCUT2D eigenvalue weighted by Gasteiger charge is 2.48. The van der Waals surface area contributed by atoms with Crippen LogP contribution >= 0.6 is 0 Å². The van der Waals surface area contributed by atoms with E-state index in [0.717, 1.165) is 49.4 Å². The summed E-state index contributed by atoms with van der Waals surface area (Å²) in [5.41, 5.74) is 2.44. The van der Waals surface area contributed by atoms with E-state index in [1.807, 2.05) is 6.07 Å². The van der Waals surface area contributed by atoms with Crippen LogP contribution in [-0.4, -0.2) is 44.3 Å². The van der Waals surface area contributed by atoms with Crippen molar-refractivity contribution in [1.29, 1.82) is 0 Å². The number of benzene rings is 1. The zero-order valence-corrected chi connectivity index (χ0v) is 17.9. The lowest BCUT2D eigenvalue weighted by Gasteiger charge is -2.44. The third-order valence-electron chi connectivity index (χ3n) is 7.51. The molecule has 4 aliphatic rings. The summed E-state index contributed by atoms with van der Waals surface area (Å²) in [6.07, 6.45) is 5.81. The number of fused-ring (bicyclic) bond motifs is 3. The quantitative estimate of drug-likeness (QED) is 0.797. The largest absolute Gasteiger partial charge is 0.454 e. The average Bonchev–Trinajstić information content (AvgIpc) is 3.43. The van der Waals surface area contributed by atoms with Gasteiger partial charge in [-0.05, 0) is 74.8 Å². The van der Waals surface area contributed by atoms with E-state index in [2.05, 4.69) is 29.1 Å². The molecule has 1 saturated carbocycles. The minimum absolute atomic E-state index is 0.122. The van der Waals surface area contributed by atoms with Crippen molar-refractivity contribution in [3.63, 3.8) is 0 Å². The Balaban J connectivity index is 1.20. The fourth-order valence-corrected chi connectivity index (χ4v) is 5.71. The Bertz CT molecular complexity index is 1060. The predicted molar refractivity (Wildman–Crippen MR) is 114 cm³/mol. The number of ether oxygens (including phenoxy) is 2. The van der Waals surface area contributed by atoms with E-state index in [-0.39, 0.29) is 18.9 Å². The van der Waals surface area contributed by atoms with Gasteiger partial charge in [0, 0.05) is 30.6 Å². The van der Waals surface area contributed by atoms with Crippen molar-refractivity contribution >= 4 is 0 Å². The Kier molecular flexibility index (Phi) is 4.40. The molecule has 0 amide bonds. The van der Waals surface area contributed by atoms with Crippen LogP contribution in [0.1, 0.15) is 61.3 Å². The van der Waals surface area contributed by atoms with E-state index >= 15 is 0 Å². The molecule has 1 aromatic heterocycles. The molecule has 2 aromatic rings. The van der Waals surface area contributed by atoms with Gasteiger partial charge in [0.1, 0.15) is 0 Å². The lowest BCUT2D eigenvalue weighted by molar-refractivity contribution is -0.0678. The molecule has 2 bridgehead atoms. The molecule has 0 unspecified atom stereocenters. The first-order valence-corrected chi connectivity index (χ1v) is 11.4. The van der Waals surface area contributed by atoms with Crippen molar-refractivity contribution in [1.82, 2.24) is 14.7 Å². The second kappa shape index (κ2) is 7.07. The highest BCUT2D eigenvalue weighted by atomic mass is 16.7. The Labute approximate surface area is 181 Å². The minimum atomic E-state index is -0.884. The average molecular weight is 424 g/mol. The van der Waals surface area contributed by atoms with Crippen molar-refractivity contribution in [2.75, 3.05) is 6.79 Å². The van der Waals surface area contributed by atoms with Gasteiger partial charge in [-0.2, -0.15) is 5.10 Å². The molecule has 4 heterocycles.